The van der Waals surface area contributed by atoms with Gasteiger partial charge in [-0.2, -0.15) is 5.26 Å². The van der Waals surface area contributed by atoms with Crippen molar-refractivity contribution in [1.29, 1.82) is 5.26 Å². The summed E-state index contributed by atoms with van der Waals surface area (Å²) in [6, 6.07) is 67.6. The fourth-order valence-electron chi connectivity index (χ4n) is 8.37. The molecule has 0 unspecified atom stereocenters. The molecule has 11 aromatic rings. The van der Waals surface area contributed by atoms with E-state index in [1.807, 2.05) is 18.2 Å². The molecule has 0 N–H and O–H groups in total. The summed E-state index contributed by atoms with van der Waals surface area (Å²) in [6.07, 6.45) is 0. The van der Waals surface area contributed by atoms with Gasteiger partial charge in [-0.25, -0.2) is 15.0 Å². The lowest BCUT2D eigenvalue weighted by atomic mass is 9.93. The largest absolute Gasteiger partial charge is 0.309 e. The quantitative estimate of drug-likeness (QED) is 0.166. The predicted octanol–water partition coefficient (Wildman–Crippen LogP) is 13.0. The van der Waals surface area contributed by atoms with Gasteiger partial charge in [0.1, 0.15) is 0 Å². The number of aromatic nitrogens is 4. The van der Waals surface area contributed by atoms with Crippen molar-refractivity contribution in [2.24, 2.45) is 0 Å². The lowest BCUT2D eigenvalue weighted by Crippen LogP contribution is -2.00. The van der Waals surface area contributed by atoms with E-state index in [0.29, 0.717) is 23.0 Å². The Hall–Kier alpha value is -7.94. The highest BCUT2D eigenvalue weighted by atomic mass is 15.0. The van der Waals surface area contributed by atoms with E-state index in [9.17, 15) is 5.26 Å². The molecular formula is C52H31N5. The maximum Gasteiger partial charge on any atom is 0.164 e. The fraction of sp³-hybridized carbons (Fsp3) is 0. The zero-order chi connectivity index (χ0) is 37.9. The number of hydrogen-bond donors (Lipinski definition) is 0. The van der Waals surface area contributed by atoms with Crippen LogP contribution in [0, 0.1) is 11.3 Å². The van der Waals surface area contributed by atoms with Crippen molar-refractivity contribution in [1.82, 2.24) is 19.5 Å². The molecule has 0 radical (unpaired) electrons. The standard InChI is InChI=1S/C52H31N5/c53-32-33-11-9-13-37(29-33)51-54-50(55-52(56-51)38-27-28-44-42-17-2-1-15-40(42)41-16-3-4-18-43(41)47(44)31-38)35-25-23-34(24-26-35)36-12-10-14-39(30-36)57-48-21-7-5-19-45(48)46-20-6-8-22-49(46)57/h1-31H. The number of rotatable bonds is 5. The molecule has 9 aromatic carbocycles. The van der Waals surface area contributed by atoms with Gasteiger partial charge in [0.05, 0.1) is 22.7 Å². The Kier molecular flexibility index (Phi) is 7.48. The molecule has 0 amide bonds. The van der Waals surface area contributed by atoms with Crippen molar-refractivity contribution in [3.63, 3.8) is 0 Å². The SMILES string of the molecule is N#Cc1cccc(-c2nc(-c3ccc(-c4cccc(-n5c6ccccc6c6ccccc65)c4)cc3)nc(-c3ccc4c5ccccc5c5ccccc5c4c3)n2)c1. The van der Waals surface area contributed by atoms with Crippen LogP contribution in [0.25, 0.3) is 105 Å². The first kappa shape index (κ1) is 32.5. The summed E-state index contributed by atoms with van der Waals surface area (Å²) in [5, 5.41) is 19.4. The van der Waals surface area contributed by atoms with Gasteiger partial charge in [-0.15, -0.1) is 0 Å². The summed E-state index contributed by atoms with van der Waals surface area (Å²) in [4.78, 5) is 15.1. The topological polar surface area (TPSA) is 67.4 Å². The number of benzene rings is 9. The minimum Gasteiger partial charge on any atom is -0.309 e. The van der Waals surface area contributed by atoms with Crippen molar-refractivity contribution >= 4 is 54.1 Å². The second-order valence-electron chi connectivity index (χ2n) is 14.3. The molecular weight excluding hydrogens is 695 g/mol. The van der Waals surface area contributed by atoms with E-state index in [2.05, 4.69) is 174 Å². The molecule has 0 aliphatic rings. The second-order valence-corrected chi connectivity index (χ2v) is 14.3. The Morgan fingerprint density at radius 1 is 0.333 bits per heavy atom. The normalized spacial score (nSPS) is 11.5. The first-order valence-corrected chi connectivity index (χ1v) is 19.0. The molecule has 0 aliphatic carbocycles. The summed E-state index contributed by atoms with van der Waals surface area (Å²) < 4.78 is 2.34. The van der Waals surface area contributed by atoms with E-state index in [1.165, 1.54) is 48.7 Å². The Balaban J connectivity index is 1.03. The van der Waals surface area contributed by atoms with Gasteiger partial charge in [-0.3, -0.25) is 0 Å². The molecule has 11 rings (SSSR count). The van der Waals surface area contributed by atoms with Crippen LogP contribution in [0.1, 0.15) is 5.56 Å². The van der Waals surface area contributed by atoms with Crippen LogP contribution >= 0.6 is 0 Å². The molecule has 0 fully saturated rings. The van der Waals surface area contributed by atoms with Crippen molar-refractivity contribution in [3.8, 4) is 57.0 Å². The van der Waals surface area contributed by atoms with E-state index in [1.54, 1.807) is 6.07 Å². The average molecular weight is 726 g/mol. The highest BCUT2D eigenvalue weighted by Gasteiger charge is 2.16. The van der Waals surface area contributed by atoms with Crippen molar-refractivity contribution < 1.29 is 0 Å². The summed E-state index contributed by atoms with van der Waals surface area (Å²) in [7, 11) is 0. The zero-order valence-electron chi connectivity index (χ0n) is 30.6. The third-order valence-corrected chi connectivity index (χ3v) is 11.0. The maximum atomic E-state index is 9.72. The van der Waals surface area contributed by atoms with E-state index in [-0.39, 0.29) is 0 Å². The summed E-state index contributed by atoms with van der Waals surface area (Å²) in [5.74, 6) is 1.64. The second kappa shape index (κ2) is 13.1. The van der Waals surface area contributed by atoms with Crippen LogP contribution in [0.15, 0.2) is 188 Å². The van der Waals surface area contributed by atoms with Gasteiger partial charge < -0.3 is 4.57 Å². The predicted molar refractivity (Wildman–Crippen MR) is 233 cm³/mol. The molecule has 0 atom stereocenters. The summed E-state index contributed by atoms with van der Waals surface area (Å²) in [5.41, 5.74) is 8.74. The fourth-order valence-corrected chi connectivity index (χ4v) is 8.37. The van der Waals surface area contributed by atoms with Gasteiger partial charge in [-0.05, 0) is 85.9 Å². The molecule has 0 bridgehead atoms. The van der Waals surface area contributed by atoms with Crippen molar-refractivity contribution in [2.45, 2.75) is 0 Å². The Labute approximate surface area is 328 Å². The molecule has 5 heteroatoms. The van der Waals surface area contributed by atoms with Crippen LogP contribution in [0.5, 0.6) is 0 Å². The summed E-state index contributed by atoms with van der Waals surface area (Å²) in [6.45, 7) is 0. The Bertz CT molecular complexity index is 3340. The van der Waals surface area contributed by atoms with Gasteiger partial charge >= 0.3 is 0 Å². The van der Waals surface area contributed by atoms with Crippen LogP contribution < -0.4 is 0 Å². The molecule has 0 saturated heterocycles. The van der Waals surface area contributed by atoms with Crippen LogP contribution in [-0.4, -0.2) is 19.5 Å². The monoisotopic (exact) mass is 725 g/mol. The third kappa shape index (κ3) is 5.43. The van der Waals surface area contributed by atoms with Gasteiger partial charge in [0, 0.05) is 33.2 Å². The number of nitriles is 1. The number of para-hydroxylation sites is 2. The molecule has 0 aliphatic heterocycles. The highest BCUT2D eigenvalue weighted by molar-refractivity contribution is 6.25. The number of hydrogen-bond acceptors (Lipinski definition) is 4. The Morgan fingerprint density at radius 3 is 1.40 bits per heavy atom. The van der Waals surface area contributed by atoms with E-state index >= 15 is 0 Å². The van der Waals surface area contributed by atoms with E-state index < -0.39 is 0 Å². The molecule has 5 nitrogen and oxygen atoms in total. The molecule has 57 heavy (non-hydrogen) atoms. The van der Waals surface area contributed by atoms with Gasteiger partial charge in [0.25, 0.3) is 0 Å². The highest BCUT2D eigenvalue weighted by Crippen LogP contribution is 2.38. The van der Waals surface area contributed by atoms with E-state index in [0.717, 1.165) is 38.9 Å². The molecule has 264 valence electrons. The molecule has 0 saturated carbocycles. The van der Waals surface area contributed by atoms with Crippen molar-refractivity contribution in [3.05, 3.63) is 194 Å². The molecule has 2 heterocycles. The molecule has 0 spiro atoms. The minimum atomic E-state index is 0.513. The molecule has 2 aromatic heterocycles. The lowest BCUT2D eigenvalue weighted by molar-refractivity contribution is 1.07. The van der Waals surface area contributed by atoms with Gasteiger partial charge in [-0.1, -0.05) is 146 Å². The maximum absolute atomic E-state index is 9.72. The summed E-state index contributed by atoms with van der Waals surface area (Å²) >= 11 is 0. The minimum absolute atomic E-state index is 0.513. The number of fused-ring (bicyclic) bond motifs is 9. The Morgan fingerprint density at radius 2 is 0.789 bits per heavy atom. The smallest absolute Gasteiger partial charge is 0.164 e. The first-order chi connectivity index (χ1) is 28.2. The zero-order valence-corrected chi connectivity index (χ0v) is 30.6. The van der Waals surface area contributed by atoms with Crippen LogP contribution in [0.3, 0.4) is 0 Å². The third-order valence-electron chi connectivity index (χ3n) is 11.0. The van der Waals surface area contributed by atoms with Crippen LogP contribution in [0.4, 0.5) is 0 Å². The average Bonchev–Trinajstić information content (AvgIpc) is 3.63. The van der Waals surface area contributed by atoms with Crippen molar-refractivity contribution in [2.75, 3.05) is 0 Å². The van der Waals surface area contributed by atoms with Gasteiger partial charge in [0.2, 0.25) is 0 Å². The van der Waals surface area contributed by atoms with Crippen LogP contribution in [-0.2, 0) is 0 Å². The number of nitrogens with zero attached hydrogens (tertiary/aromatic N) is 5. The lowest BCUT2D eigenvalue weighted by Gasteiger charge is -2.13. The first-order valence-electron chi connectivity index (χ1n) is 19.0. The van der Waals surface area contributed by atoms with E-state index in [4.69, 9.17) is 15.0 Å². The van der Waals surface area contributed by atoms with Crippen LogP contribution in [0.2, 0.25) is 0 Å². The van der Waals surface area contributed by atoms with Gasteiger partial charge in [0.15, 0.2) is 17.5 Å².